The molecule has 1 heterocycles. The molecule has 0 radical (unpaired) electrons. The third-order valence-corrected chi connectivity index (χ3v) is 3.35. The lowest BCUT2D eigenvalue weighted by molar-refractivity contribution is -0.148. The fourth-order valence-electron chi connectivity index (χ4n) is 2.42. The number of aliphatic carboxylic acids is 1. The lowest BCUT2D eigenvalue weighted by atomic mass is 9.96. The van der Waals surface area contributed by atoms with E-state index in [4.69, 9.17) is 5.11 Å². The summed E-state index contributed by atoms with van der Waals surface area (Å²) in [5.74, 6) is -1.43. The number of carboxylic acids is 1. The molecule has 0 aliphatic carbocycles. The lowest BCUT2D eigenvalue weighted by Crippen LogP contribution is -2.47. The first-order chi connectivity index (χ1) is 8.95. The number of rotatable bonds is 5. The molecule has 1 atom stereocenters. The monoisotopic (exact) mass is 270 g/mol. The molecule has 0 aromatic rings. The SMILES string of the molecule is CCCN(CC(=O)O)C(=O)[C@H]1CCCN(C(C)=O)C1. The van der Waals surface area contributed by atoms with Gasteiger partial charge in [0.05, 0.1) is 5.92 Å². The van der Waals surface area contributed by atoms with Crippen LogP contribution in [0, 0.1) is 5.92 Å². The molecule has 1 rings (SSSR count). The highest BCUT2D eigenvalue weighted by molar-refractivity contribution is 5.84. The lowest BCUT2D eigenvalue weighted by Gasteiger charge is -2.34. The molecule has 1 saturated heterocycles. The minimum absolute atomic E-state index is 0.0298. The summed E-state index contributed by atoms with van der Waals surface area (Å²) in [6.07, 6.45) is 2.24. The van der Waals surface area contributed by atoms with Gasteiger partial charge in [-0.25, -0.2) is 0 Å². The predicted molar refractivity (Wildman–Crippen MR) is 69.5 cm³/mol. The molecule has 0 bridgehead atoms. The molecule has 0 aromatic heterocycles. The van der Waals surface area contributed by atoms with Crippen LogP contribution < -0.4 is 0 Å². The quantitative estimate of drug-likeness (QED) is 0.792. The average molecular weight is 270 g/mol. The highest BCUT2D eigenvalue weighted by atomic mass is 16.4. The van der Waals surface area contributed by atoms with Crippen LogP contribution in [-0.2, 0) is 14.4 Å². The van der Waals surface area contributed by atoms with Gasteiger partial charge >= 0.3 is 5.97 Å². The number of carboxylic acid groups (broad SMARTS) is 1. The van der Waals surface area contributed by atoms with Crippen molar-refractivity contribution in [2.75, 3.05) is 26.2 Å². The second-order valence-electron chi connectivity index (χ2n) is 4.96. The molecule has 0 unspecified atom stereocenters. The minimum atomic E-state index is -0.999. The largest absolute Gasteiger partial charge is 0.480 e. The number of carbonyl (C=O) groups is 3. The fourth-order valence-corrected chi connectivity index (χ4v) is 2.42. The van der Waals surface area contributed by atoms with Crippen LogP contribution in [0.1, 0.15) is 33.1 Å². The van der Waals surface area contributed by atoms with Crippen molar-refractivity contribution < 1.29 is 19.5 Å². The summed E-state index contributed by atoms with van der Waals surface area (Å²) < 4.78 is 0. The summed E-state index contributed by atoms with van der Waals surface area (Å²) in [7, 11) is 0. The molecule has 1 N–H and O–H groups in total. The third kappa shape index (κ3) is 4.54. The molecule has 1 aliphatic heterocycles. The average Bonchev–Trinajstić information content (AvgIpc) is 2.37. The summed E-state index contributed by atoms with van der Waals surface area (Å²) in [5.41, 5.74) is 0. The molecule has 2 amide bonds. The topological polar surface area (TPSA) is 77.9 Å². The van der Waals surface area contributed by atoms with E-state index in [1.807, 2.05) is 6.92 Å². The maximum Gasteiger partial charge on any atom is 0.323 e. The first-order valence-corrected chi connectivity index (χ1v) is 6.71. The number of piperidine rings is 1. The second-order valence-corrected chi connectivity index (χ2v) is 4.96. The highest BCUT2D eigenvalue weighted by Gasteiger charge is 2.30. The highest BCUT2D eigenvalue weighted by Crippen LogP contribution is 2.19. The summed E-state index contributed by atoms with van der Waals surface area (Å²) in [5, 5.41) is 8.84. The summed E-state index contributed by atoms with van der Waals surface area (Å²) in [6.45, 7) is 4.68. The Morgan fingerprint density at radius 2 is 2.05 bits per heavy atom. The number of hydrogen-bond donors (Lipinski definition) is 1. The van der Waals surface area contributed by atoms with Crippen molar-refractivity contribution in [3.63, 3.8) is 0 Å². The van der Waals surface area contributed by atoms with Crippen LogP contribution in [0.15, 0.2) is 0 Å². The smallest absolute Gasteiger partial charge is 0.323 e. The predicted octanol–water partition coefficient (Wildman–Crippen LogP) is 0.568. The van der Waals surface area contributed by atoms with E-state index in [2.05, 4.69) is 0 Å². The van der Waals surface area contributed by atoms with Crippen molar-refractivity contribution >= 4 is 17.8 Å². The van der Waals surface area contributed by atoms with Gasteiger partial charge in [-0.3, -0.25) is 14.4 Å². The van der Waals surface area contributed by atoms with Gasteiger partial charge in [0.2, 0.25) is 11.8 Å². The van der Waals surface area contributed by atoms with Crippen molar-refractivity contribution in [2.24, 2.45) is 5.92 Å². The van der Waals surface area contributed by atoms with Gasteiger partial charge < -0.3 is 14.9 Å². The maximum atomic E-state index is 12.3. The van der Waals surface area contributed by atoms with Gasteiger partial charge in [0.15, 0.2) is 0 Å². The van der Waals surface area contributed by atoms with E-state index in [1.165, 1.54) is 11.8 Å². The van der Waals surface area contributed by atoms with Gasteiger partial charge in [-0.2, -0.15) is 0 Å². The zero-order chi connectivity index (χ0) is 14.4. The Labute approximate surface area is 113 Å². The number of hydrogen-bond acceptors (Lipinski definition) is 3. The first-order valence-electron chi connectivity index (χ1n) is 6.71. The molecule has 1 aliphatic rings. The zero-order valence-corrected chi connectivity index (χ0v) is 11.6. The minimum Gasteiger partial charge on any atom is -0.480 e. The van der Waals surface area contributed by atoms with Crippen molar-refractivity contribution in [2.45, 2.75) is 33.1 Å². The maximum absolute atomic E-state index is 12.3. The summed E-state index contributed by atoms with van der Waals surface area (Å²) >= 11 is 0. The molecular weight excluding hydrogens is 248 g/mol. The molecule has 0 aromatic carbocycles. The van der Waals surface area contributed by atoms with Crippen LogP contribution in [-0.4, -0.2) is 58.9 Å². The Bertz CT molecular complexity index is 357. The fraction of sp³-hybridized carbons (Fsp3) is 0.769. The van der Waals surface area contributed by atoms with E-state index < -0.39 is 5.97 Å². The molecular formula is C13H22N2O4. The molecule has 0 saturated carbocycles. The van der Waals surface area contributed by atoms with Crippen molar-refractivity contribution in [3.05, 3.63) is 0 Å². The van der Waals surface area contributed by atoms with Crippen molar-refractivity contribution in [1.82, 2.24) is 9.80 Å². The molecule has 0 spiro atoms. The molecule has 1 fully saturated rings. The number of carbonyl (C=O) groups excluding carboxylic acids is 2. The zero-order valence-electron chi connectivity index (χ0n) is 11.6. The van der Waals surface area contributed by atoms with Crippen molar-refractivity contribution in [1.29, 1.82) is 0 Å². The van der Waals surface area contributed by atoms with Crippen LogP contribution in [0.5, 0.6) is 0 Å². The summed E-state index contributed by atoms with van der Waals surface area (Å²) in [4.78, 5) is 37.5. The van der Waals surface area contributed by atoms with Gasteiger partial charge in [0.1, 0.15) is 6.54 Å². The molecule has 19 heavy (non-hydrogen) atoms. The van der Waals surface area contributed by atoms with E-state index in [0.717, 1.165) is 19.3 Å². The third-order valence-electron chi connectivity index (χ3n) is 3.35. The Kier molecular flexibility index (Phi) is 5.79. The van der Waals surface area contributed by atoms with Crippen LogP contribution in [0.25, 0.3) is 0 Å². The van der Waals surface area contributed by atoms with Crippen LogP contribution in [0.3, 0.4) is 0 Å². The first kappa shape index (κ1) is 15.5. The number of likely N-dealkylation sites (tertiary alicyclic amines) is 1. The van der Waals surface area contributed by atoms with E-state index in [-0.39, 0.29) is 24.3 Å². The standard InChI is InChI=1S/C13H22N2O4/c1-3-6-15(9-12(17)18)13(19)11-5-4-7-14(8-11)10(2)16/h11H,3-9H2,1-2H3,(H,17,18)/t11-/m0/s1. The van der Waals surface area contributed by atoms with Gasteiger partial charge in [0, 0.05) is 26.6 Å². The molecule has 6 nitrogen and oxygen atoms in total. The number of amides is 2. The Morgan fingerprint density at radius 3 is 2.58 bits per heavy atom. The van der Waals surface area contributed by atoms with E-state index >= 15 is 0 Å². The van der Waals surface area contributed by atoms with Crippen LogP contribution >= 0.6 is 0 Å². The van der Waals surface area contributed by atoms with Gasteiger partial charge in [-0.05, 0) is 19.3 Å². The molecule has 6 heteroatoms. The summed E-state index contributed by atoms with van der Waals surface area (Å²) in [6, 6.07) is 0. The van der Waals surface area contributed by atoms with Gasteiger partial charge in [-0.15, -0.1) is 0 Å². The van der Waals surface area contributed by atoms with Crippen LogP contribution in [0.4, 0.5) is 0 Å². The van der Waals surface area contributed by atoms with Crippen molar-refractivity contribution in [3.8, 4) is 0 Å². The Hall–Kier alpha value is -1.59. The number of nitrogens with zero attached hydrogens (tertiary/aromatic N) is 2. The van der Waals surface area contributed by atoms with E-state index in [0.29, 0.717) is 19.6 Å². The second kappa shape index (κ2) is 7.11. The Balaban J connectivity index is 2.67. The van der Waals surface area contributed by atoms with Crippen LogP contribution in [0.2, 0.25) is 0 Å². The Morgan fingerprint density at radius 1 is 1.37 bits per heavy atom. The van der Waals surface area contributed by atoms with Gasteiger partial charge in [0.25, 0.3) is 0 Å². The van der Waals surface area contributed by atoms with E-state index in [9.17, 15) is 14.4 Å². The van der Waals surface area contributed by atoms with Gasteiger partial charge in [-0.1, -0.05) is 6.92 Å². The normalized spacial score (nSPS) is 19.1. The molecule has 108 valence electrons. The van der Waals surface area contributed by atoms with E-state index in [1.54, 1.807) is 4.90 Å².